The second-order valence-electron chi connectivity index (χ2n) is 6.60. The molecule has 0 spiro atoms. The zero-order valence-corrected chi connectivity index (χ0v) is 15.3. The van der Waals surface area contributed by atoms with Gasteiger partial charge in [0, 0.05) is 23.4 Å². The van der Waals surface area contributed by atoms with Gasteiger partial charge < -0.3 is 4.90 Å². The van der Waals surface area contributed by atoms with Crippen molar-refractivity contribution in [3.8, 4) is 11.3 Å². The summed E-state index contributed by atoms with van der Waals surface area (Å²) >= 11 is 0. The molecule has 0 amide bonds. The molecule has 0 saturated carbocycles. The first-order valence-electron chi connectivity index (χ1n) is 8.95. The lowest BCUT2D eigenvalue weighted by Gasteiger charge is -2.27. The third-order valence-corrected chi connectivity index (χ3v) is 4.99. The summed E-state index contributed by atoms with van der Waals surface area (Å²) in [5.74, 6) is 0.484. The molecule has 1 heterocycles. The van der Waals surface area contributed by atoms with Crippen LogP contribution in [0.25, 0.3) is 22.0 Å². The van der Waals surface area contributed by atoms with Gasteiger partial charge in [0.15, 0.2) is 5.82 Å². The molecule has 0 aliphatic rings. The highest BCUT2D eigenvalue weighted by atomic mass is 19.1. The van der Waals surface area contributed by atoms with Crippen LogP contribution in [-0.4, -0.2) is 17.2 Å². The van der Waals surface area contributed by atoms with Crippen molar-refractivity contribution in [2.75, 3.05) is 11.9 Å². The van der Waals surface area contributed by atoms with Gasteiger partial charge in [0.2, 0.25) is 0 Å². The minimum atomic E-state index is -0.296. The van der Waals surface area contributed by atoms with Crippen LogP contribution in [0.3, 0.4) is 0 Å². The maximum Gasteiger partial charge on any atom is 0.159 e. The lowest BCUT2D eigenvalue weighted by Crippen LogP contribution is -2.23. The van der Waals surface area contributed by atoms with Crippen molar-refractivity contribution in [3.63, 3.8) is 0 Å². The number of hydrogen-bond donors (Lipinski definition) is 0. The van der Waals surface area contributed by atoms with Crippen LogP contribution in [0.5, 0.6) is 0 Å². The van der Waals surface area contributed by atoms with Gasteiger partial charge in [-0.1, -0.05) is 66.7 Å². The third-order valence-electron chi connectivity index (χ3n) is 4.99. The molecule has 0 fully saturated rings. The molecule has 4 heteroatoms. The topological polar surface area (TPSA) is 29.0 Å². The lowest BCUT2D eigenvalue weighted by atomic mass is 10.0. The fourth-order valence-electron chi connectivity index (χ4n) is 3.34. The first kappa shape index (κ1) is 17.2. The molecular formula is C23H20FN3. The molecule has 4 rings (SSSR count). The maximum atomic E-state index is 14.3. The smallest absolute Gasteiger partial charge is 0.159 e. The summed E-state index contributed by atoms with van der Waals surface area (Å²) in [5.41, 5.74) is 2.23. The Bertz CT molecular complexity index is 1080. The van der Waals surface area contributed by atoms with Crippen molar-refractivity contribution in [2.24, 2.45) is 0 Å². The SMILES string of the molecule is CC(c1ccccc1)N(C)c1nnc(-c2ccccc2F)c2ccccc12. The zero-order valence-electron chi connectivity index (χ0n) is 15.3. The van der Waals surface area contributed by atoms with Crippen LogP contribution in [0, 0.1) is 5.82 Å². The summed E-state index contributed by atoms with van der Waals surface area (Å²) in [4.78, 5) is 2.11. The van der Waals surface area contributed by atoms with Crippen LogP contribution >= 0.6 is 0 Å². The van der Waals surface area contributed by atoms with E-state index >= 15 is 0 Å². The Labute approximate surface area is 158 Å². The fraction of sp³-hybridized carbons (Fsp3) is 0.130. The van der Waals surface area contributed by atoms with E-state index in [4.69, 9.17) is 0 Å². The van der Waals surface area contributed by atoms with Crippen molar-refractivity contribution < 1.29 is 4.39 Å². The Kier molecular flexibility index (Phi) is 4.55. The third kappa shape index (κ3) is 3.14. The van der Waals surface area contributed by atoms with Gasteiger partial charge in [0.05, 0.1) is 6.04 Å². The molecular weight excluding hydrogens is 337 g/mol. The molecule has 134 valence electrons. The van der Waals surface area contributed by atoms with Gasteiger partial charge >= 0.3 is 0 Å². The molecule has 4 aromatic rings. The summed E-state index contributed by atoms with van der Waals surface area (Å²) < 4.78 is 14.3. The average Bonchev–Trinajstić information content (AvgIpc) is 2.73. The van der Waals surface area contributed by atoms with Crippen LogP contribution in [0.15, 0.2) is 78.9 Å². The molecule has 0 bridgehead atoms. The quantitative estimate of drug-likeness (QED) is 0.474. The molecule has 1 atom stereocenters. The Hall–Kier alpha value is -3.27. The molecule has 1 unspecified atom stereocenters. The number of hydrogen-bond acceptors (Lipinski definition) is 3. The Morgan fingerprint density at radius 1 is 0.778 bits per heavy atom. The van der Waals surface area contributed by atoms with E-state index in [2.05, 4.69) is 34.2 Å². The number of rotatable bonds is 4. The average molecular weight is 357 g/mol. The summed E-state index contributed by atoms with van der Waals surface area (Å²) in [6.45, 7) is 2.14. The minimum Gasteiger partial charge on any atom is -0.351 e. The first-order valence-corrected chi connectivity index (χ1v) is 8.95. The van der Waals surface area contributed by atoms with E-state index in [1.54, 1.807) is 12.1 Å². The van der Waals surface area contributed by atoms with Gasteiger partial charge in [-0.3, -0.25) is 0 Å². The van der Waals surface area contributed by atoms with Crippen LogP contribution < -0.4 is 4.90 Å². The van der Waals surface area contributed by atoms with Gasteiger partial charge in [0.1, 0.15) is 11.5 Å². The monoisotopic (exact) mass is 357 g/mol. The van der Waals surface area contributed by atoms with Crippen molar-refractivity contribution >= 4 is 16.6 Å². The molecule has 0 N–H and O–H groups in total. The number of aromatic nitrogens is 2. The van der Waals surface area contributed by atoms with E-state index in [1.165, 1.54) is 11.6 Å². The van der Waals surface area contributed by atoms with Gasteiger partial charge in [-0.25, -0.2) is 4.39 Å². The van der Waals surface area contributed by atoms with Gasteiger partial charge in [-0.15, -0.1) is 10.2 Å². The van der Waals surface area contributed by atoms with Gasteiger partial charge in [-0.2, -0.15) is 0 Å². The predicted octanol–water partition coefficient (Wildman–Crippen LogP) is 5.63. The molecule has 3 nitrogen and oxygen atoms in total. The van der Waals surface area contributed by atoms with Crippen LogP contribution in [0.2, 0.25) is 0 Å². The second kappa shape index (κ2) is 7.16. The molecule has 0 saturated heterocycles. The van der Waals surface area contributed by atoms with Crippen molar-refractivity contribution in [3.05, 3.63) is 90.2 Å². The number of fused-ring (bicyclic) bond motifs is 1. The molecule has 0 aliphatic carbocycles. The summed E-state index contributed by atoms with van der Waals surface area (Å²) in [7, 11) is 2.01. The summed E-state index contributed by atoms with van der Waals surface area (Å²) in [5, 5.41) is 10.7. The van der Waals surface area contributed by atoms with E-state index < -0.39 is 0 Å². The number of benzene rings is 3. The Morgan fingerprint density at radius 2 is 1.41 bits per heavy atom. The number of halogens is 1. The lowest BCUT2D eigenvalue weighted by molar-refractivity contribution is 0.630. The maximum absolute atomic E-state index is 14.3. The number of nitrogens with zero attached hydrogens (tertiary/aromatic N) is 3. The standard InChI is InChI=1S/C23H20FN3/c1-16(17-10-4-3-5-11-17)27(2)23-19-13-7-6-12-18(19)22(25-26-23)20-14-8-9-15-21(20)24/h3-16H,1-2H3. The fourth-order valence-corrected chi connectivity index (χ4v) is 3.34. The highest BCUT2D eigenvalue weighted by Crippen LogP contribution is 2.34. The van der Waals surface area contributed by atoms with Gasteiger partial charge in [0.25, 0.3) is 0 Å². The normalized spacial score (nSPS) is 12.1. The van der Waals surface area contributed by atoms with Crippen LogP contribution in [0.1, 0.15) is 18.5 Å². The Balaban J connectivity index is 1.84. The molecule has 27 heavy (non-hydrogen) atoms. The Morgan fingerprint density at radius 3 is 2.15 bits per heavy atom. The first-order chi connectivity index (χ1) is 13.2. The van der Waals surface area contributed by atoms with E-state index in [0.29, 0.717) is 11.3 Å². The zero-order chi connectivity index (χ0) is 18.8. The molecule has 1 aromatic heterocycles. The van der Waals surface area contributed by atoms with Crippen molar-refractivity contribution in [1.29, 1.82) is 0 Å². The molecule has 0 aliphatic heterocycles. The second-order valence-corrected chi connectivity index (χ2v) is 6.60. The van der Waals surface area contributed by atoms with Gasteiger partial charge in [-0.05, 0) is 24.6 Å². The van der Waals surface area contributed by atoms with E-state index in [1.807, 2.05) is 55.6 Å². The van der Waals surface area contributed by atoms with Crippen LogP contribution in [0.4, 0.5) is 10.2 Å². The van der Waals surface area contributed by atoms with E-state index in [0.717, 1.165) is 16.6 Å². The molecule has 0 radical (unpaired) electrons. The highest BCUT2D eigenvalue weighted by molar-refractivity contribution is 6.00. The highest BCUT2D eigenvalue weighted by Gasteiger charge is 2.19. The number of anilines is 1. The van der Waals surface area contributed by atoms with Crippen molar-refractivity contribution in [1.82, 2.24) is 10.2 Å². The van der Waals surface area contributed by atoms with Crippen molar-refractivity contribution in [2.45, 2.75) is 13.0 Å². The van der Waals surface area contributed by atoms with E-state index in [9.17, 15) is 4.39 Å². The minimum absolute atomic E-state index is 0.128. The van der Waals surface area contributed by atoms with E-state index in [-0.39, 0.29) is 11.9 Å². The predicted molar refractivity (Wildman–Crippen MR) is 108 cm³/mol. The van der Waals surface area contributed by atoms with Crippen LogP contribution in [-0.2, 0) is 0 Å². The summed E-state index contributed by atoms with van der Waals surface area (Å²) in [6, 6.07) is 25.0. The largest absolute Gasteiger partial charge is 0.351 e. The molecule has 3 aromatic carbocycles. The summed E-state index contributed by atoms with van der Waals surface area (Å²) in [6.07, 6.45) is 0.